The molecule has 1 aliphatic rings. The molecule has 5 nitrogen and oxygen atoms in total. The molecule has 3 rings (SSSR count). The normalized spacial score (nSPS) is 16.0. The lowest BCUT2D eigenvalue weighted by atomic mass is 10.1. The van der Waals surface area contributed by atoms with E-state index in [0.717, 1.165) is 23.1 Å². The van der Waals surface area contributed by atoms with E-state index < -0.39 is 22.9 Å². The summed E-state index contributed by atoms with van der Waals surface area (Å²) in [6, 6.07) is 9.09. The average Bonchev–Trinajstić information content (AvgIpc) is 2.94. The number of thioether (sulfide) groups is 1. The third kappa shape index (κ3) is 3.70. The Morgan fingerprint density at radius 3 is 2.39 bits per heavy atom. The number of carbonyl (C=O) groups excluding carboxylic acids is 2. The van der Waals surface area contributed by atoms with Crippen molar-refractivity contribution in [3.8, 4) is 11.5 Å². The second-order valence-corrected chi connectivity index (χ2v) is 6.64. The van der Waals surface area contributed by atoms with Gasteiger partial charge in [-0.15, -0.1) is 0 Å². The molecular weight excluding hydrogens is 395 g/mol. The molecule has 1 heterocycles. The first-order chi connectivity index (χ1) is 13.3. The predicted molar refractivity (Wildman–Crippen MR) is 99.4 cm³/mol. The van der Waals surface area contributed by atoms with E-state index in [2.05, 4.69) is 0 Å². The van der Waals surface area contributed by atoms with Crippen LogP contribution < -0.4 is 14.4 Å². The van der Waals surface area contributed by atoms with Crippen molar-refractivity contribution in [2.24, 2.45) is 0 Å². The van der Waals surface area contributed by atoms with Crippen molar-refractivity contribution in [1.82, 2.24) is 0 Å². The van der Waals surface area contributed by atoms with Crippen molar-refractivity contribution in [3.05, 3.63) is 58.5 Å². The summed E-state index contributed by atoms with van der Waals surface area (Å²) in [7, 11) is 2.90. The molecule has 0 aromatic heterocycles. The number of para-hydroxylation sites is 1. The zero-order chi connectivity index (χ0) is 20.5. The topological polar surface area (TPSA) is 55.8 Å². The van der Waals surface area contributed by atoms with Crippen LogP contribution in [0.1, 0.15) is 11.1 Å². The SMILES string of the molecule is COc1cccc(/C=C2\SC(=O)N(c3cccc(C(F)(F)F)c3)C2=O)c1OC. The molecule has 0 bridgehead atoms. The van der Waals surface area contributed by atoms with Crippen LogP contribution >= 0.6 is 11.8 Å². The fraction of sp³-hybridized carbons (Fsp3) is 0.158. The minimum absolute atomic E-state index is 0.0639. The van der Waals surface area contributed by atoms with Crippen molar-refractivity contribution in [3.63, 3.8) is 0 Å². The zero-order valence-electron chi connectivity index (χ0n) is 14.7. The Bertz CT molecular complexity index is 972. The van der Waals surface area contributed by atoms with Crippen molar-refractivity contribution in [2.45, 2.75) is 6.18 Å². The number of ether oxygens (including phenoxy) is 2. The smallest absolute Gasteiger partial charge is 0.416 e. The van der Waals surface area contributed by atoms with Crippen LogP contribution in [0.5, 0.6) is 11.5 Å². The maximum atomic E-state index is 12.9. The molecule has 0 spiro atoms. The van der Waals surface area contributed by atoms with Gasteiger partial charge in [-0.25, -0.2) is 4.90 Å². The average molecular weight is 409 g/mol. The lowest BCUT2D eigenvalue weighted by Crippen LogP contribution is -2.28. The molecule has 0 saturated carbocycles. The largest absolute Gasteiger partial charge is 0.493 e. The number of benzene rings is 2. The number of alkyl halides is 3. The van der Waals surface area contributed by atoms with Gasteiger partial charge in [-0.05, 0) is 42.1 Å². The standard InChI is InChI=1S/C19H14F3NO4S/c1-26-14-8-3-5-11(16(14)27-2)9-15-17(24)23(18(25)28-15)13-7-4-6-12(10-13)19(20,21)22/h3-10H,1-2H3/b15-9-. The monoisotopic (exact) mass is 409 g/mol. The molecule has 0 radical (unpaired) electrons. The Labute approximate surface area is 162 Å². The van der Waals surface area contributed by atoms with E-state index >= 15 is 0 Å². The minimum Gasteiger partial charge on any atom is -0.493 e. The summed E-state index contributed by atoms with van der Waals surface area (Å²) in [6.07, 6.45) is -3.14. The van der Waals surface area contributed by atoms with Gasteiger partial charge in [0.1, 0.15) is 0 Å². The molecule has 1 fully saturated rings. The third-order valence-electron chi connectivity index (χ3n) is 3.95. The highest BCUT2D eigenvalue weighted by molar-refractivity contribution is 8.19. The number of hydrogen-bond acceptors (Lipinski definition) is 5. The second kappa shape index (κ2) is 7.59. The van der Waals surface area contributed by atoms with Crippen LogP contribution in [0.2, 0.25) is 0 Å². The van der Waals surface area contributed by atoms with E-state index in [1.807, 2.05) is 0 Å². The first kappa shape index (κ1) is 19.8. The van der Waals surface area contributed by atoms with Crippen LogP contribution in [-0.2, 0) is 11.0 Å². The summed E-state index contributed by atoms with van der Waals surface area (Å²) in [5, 5.41) is -0.683. The minimum atomic E-state index is -4.58. The molecule has 2 amide bonds. The van der Waals surface area contributed by atoms with E-state index in [1.165, 1.54) is 26.4 Å². The Morgan fingerprint density at radius 2 is 1.75 bits per heavy atom. The molecule has 0 aliphatic carbocycles. The summed E-state index contributed by atoms with van der Waals surface area (Å²) in [4.78, 5) is 25.8. The molecule has 2 aromatic rings. The number of halogens is 3. The van der Waals surface area contributed by atoms with E-state index in [-0.39, 0.29) is 10.6 Å². The van der Waals surface area contributed by atoms with Gasteiger partial charge < -0.3 is 9.47 Å². The molecule has 0 unspecified atom stereocenters. The molecule has 0 N–H and O–H groups in total. The van der Waals surface area contributed by atoms with Gasteiger partial charge in [0.15, 0.2) is 11.5 Å². The van der Waals surface area contributed by atoms with E-state index in [1.54, 1.807) is 18.2 Å². The van der Waals surface area contributed by atoms with Crippen LogP contribution in [0.15, 0.2) is 47.4 Å². The van der Waals surface area contributed by atoms with Crippen LogP contribution in [-0.4, -0.2) is 25.4 Å². The number of rotatable bonds is 4. The number of imide groups is 1. The summed E-state index contributed by atoms with van der Waals surface area (Å²) in [5.41, 5.74) is -0.586. The van der Waals surface area contributed by atoms with E-state index in [9.17, 15) is 22.8 Å². The molecular formula is C19H14F3NO4S. The molecule has 146 valence electrons. The van der Waals surface area contributed by atoms with Crippen molar-refractivity contribution < 1.29 is 32.2 Å². The zero-order valence-corrected chi connectivity index (χ0v) is 15.6. The number of methoxy groups -OCH3 is 2. The number of anilines is 1. The van der Waals surface area contributed by atoms with Crippen molar-refractivity contribution >= 4 is 34.7 Å². The van der Waals surface area contributed by atoms with Gasteiger partial charge in [-0.2, -0.15) is 13.2 Å². The van der Waals surface area contributed by atoms with E-state index in [4.69, 9.17) is 9.47 Å². The Hall–Kier alpha value is -2.94. The van der Waals surface area contributed by atoms with Crippen LogP contribution in [0.4, 0.5) is 23.7 Å². The predicted octanol–water partition coefficient (Wildman–Crippen LogP) is 4.96. The van der Waals surface area contributed by atoms with Crippen LogP contribution in [0, 0.1) is 0 Å². The Morgan fingerprint density at radius 1 is 1.04 bits per heavy atom. The number of nitrogens with zero attached hydrogens (tertiary/aromatic N) is 1. The highest BCUT2D eigenvalue weighted by Gasteiger charge is 2.38. The van der Waals surface area contributed by atoms with Gasteiger partial charge in [0.05, 0.1) is 30.4 Å². The molecule has 28 heavy (non-hydrogen) atoms. The summed E-state index contributed by atoms with van der Waals surface area (Å²) < 4.78 is 49.3. The molecule has 1 saturated heterocycles. The molecule has 9 heteroatoms. The fourth-order valence-corrected chi connectivity index (χ4v) is 3.51. The third-order valence-corrected chi connectivity index (χ3v) is 4.81. The lowest BCUT2D eigenvalue weighted by molar-refractivity contribution is -0.137. The molecule has 1 aliphatic heterocycles. The van der Waals surface area contributed by atoms with Gasteiger partial charge in [-0.3, -0.25) is 9.59 Å². The maximum Gasteiger partial charge on any atom is 0.416 e. The summed E-state index contributed by atoms with van der Waals surface area (Å²) >= 11 is 0.638. The van der Waals surface area contributed by atoms with Gasteiger partial charge in [0.25, 0.3) is 11.1 Å². The van der Waals surface area contributed by atoms with Crippen LogP contribution in [0.25, 0.3) is 6.08 Å². The van der Waals surface area contributed by atoms with Gasteiger partial charge in [0.2, 0.25) is 0 Å². The molecule has 0 atom stereocenters. The lowest BCUT2D eigenvalue weighted by Gasteiger charge is -2.15. The van der Waals surface area contributed by atoms with E-state index in [0.29, 0.717) is 28.8 Å². The summed E-state index contributed by atoms with van der Waals surface area (Å²) in [6.45, 7) is 0. The van der Waals surface area contributed by atoms with Gasteiger partial charge in [0, 0.05) is 5.56 Å². The van der Waals surface area contributed by atoms with Gasteiger partial charge in [-0.1, -0.05) is 18.2 Å². The van der Waals surface area contributed by atoms with Crippen molar-refractivity contribution in [1.29, 1.82) is 0 Å². The van der Waals surface area contributed by atoms with Gasteiger partial charge >= 0.3 is 6.18 Å². The van der Waals surface area contributed by atoms with Crippen molar-refractivity contribution in [2.75, 3.05) is 19.1 Å². The first-order valence-electron chi connectivity index (χ1n) is 7.92. The Balaban J connectivity index is 1.98. The maximum absolute atomic E-state index is 12.9. The van der Waals surface area contributed by atoms with Crippen LogP contribution in [0.3, 0.4) is 0 Å². The number of amides is 2. The number of carbonyl (C=O) groups is 2. The highest BCUT2D eigenvalue weighted by atomic mass is 32.2. The highest BCUT2D eigenvalue weighted by Crippen LogP contribution is 2.40. The quantitative estimate of drug-likeness (QED) is 0.668. The second-order valence-electron chi connectivity index (χ2n) is 5.65. The Kier molecular flexibility index (Phi) is 5.37. The number of hydrogen-bond donors (Lipinski definition) is 0. The fourth-order valence-electron chi connectivity index (χ4n) is 2.68. The summed E-state index contributed by atoms with van der Waals surface area (Å²) in [5.74, 6) is 0.100. The first-order valence-corrected chi connectivity index (χ1v) is 8.74. The molecule has 2 aromatic carbocycles.